The van der Waals surface area contributed by atoms with Gasteiger partial charge in [0.25, 0.3) is 0 Å². The van der Waals surface area contributed by atoms with Crippen LogP contribution in [0.2, 0.25) is 0 Å². The number of hydrogen-bond donors (Lipinski definition) is 2. The summed E-state index contributed by atoms with van der Waals surface area (Å²) in [6.45, 7) is 5.52. The lowest BCUT2D eigenvalue weighted by atomic mass is 10.0. The van der Waals surface area contributed by atoms with Crippen molar-refractivity contribution in [2.45, 2.75) is 37.8 Å². The van der Waals surface area contributed by atoms with Gasteiger partial charge in [-0.15, -0.1) is 0 Å². The Bertz CT molecular complexity index is 170. The molecule has 0 aromatic rings. The molecule has 1 aliphatic rings. The molecule has 0 aromatic carbocycles. The van der Waals surface area contributed by atoms with Gasteiger partial charge in [0.2, 0.25) is 0 Å². The third-order valence-corrected chi connectivity index (χ3v) is 2.90. The Labute approximate surface area is 92.5 Å². The summed E-state index contributed by atoms with van der Waals surface area (Å²) in [4.78, 5) is 0. The molecule has 90 valence electrons. The fourth-order valence-electron chi connectivity index (χ4n) is 1.87. The zero-order valence-electron chi connectivity index (χ0n) is 9.92. The maximum Gasteiger partial charge on any atom is 0.0779 e. The summed E-state index contributed by atoms with van der Waals surface area (Å²) in [6, 6.07) is 0.176. The number of nitrogens with two attached hydrogens (primary N) is 1. The van der Waals surface area contributed by atoms with E-state index in [4.69, 9.17) is 15.2 Å². The second kappa shape index (κ2) is 6.43. The van der Waals surface area contributed by atoms with Gasteiger partial charge < -0.3 is 20.5 Å². The summed E-state index contributed by atoms with van der Waals surface area (Å²) in [7, 11) is 1.70. The molecule has 15 heavy (non-hydrogen) atoms. The fourth-order valence-corrected chi connectivity index (χ4v) is 1.87. The minimum atomic E-state index is 0.0287. The van der Waals surface area contributed by atoms with E-state index in [1.165, 1.54) is 6.42 Å². The van der Waals surface area contributed by atoms with Gasteiger partial charge in [-0.1, -0.05) is 0 Å². The summed E-state index contributed by atoms with van der Waals surface area (Å²) in [5.74, 6) is 0. The summed E-state index contributed by atoms with van der Waals surface area (Å²) in [6.07, 6.45) is 3.22. The van der Waals surface area contributed by atoms with Crippen molar-refractivity contribution < 1.29 is 9.47 Å². The topological polar surface area (TPSA) is 56.5 Å². The lowest BCUT2D eigenvalue weighted by Gasteiger charge is -2.24. The molecule has 0 bridgehead atoms. The Morgan fingerprint density at radius 2 is 2.40 bits per heavy atom. The molecule has 4 heteroatoms. The maximum absolute atomic E-state index is 5.90. The highest BCUT2D eigenvalue weighted by Crippen LogP contribution is 2.23. The summed E-state index contributed by atoms with van der Waals surface area (Å²) >= 11 is 0. The first kappa shape index (κ1) is 12.9. The van der Waals surface area contributed by atoms with E-state index in [9.17, 15) is 0 Å². The minimum absolute atomic E-state index is 0.0287. The summed E-state index contributed by atoms with van der Waals surface area (Å²) in [5.41, 5.74) is 5.93. The summed E-state index contributed by atoms with van der Waals surface area (Å²) in [5, 5.41) is 3.37. The van der Waals surface area contributed by atoms with E-state index in [0.29, 0.717) is 0 Å². The van der Waals surface area contributed by atoms with Crippen LogP contribution in [0.1, 0.15) is 26.2 Å². The van der Waals surface area contributed by atoms with Gasteiger partial charge in [0, 0.05) is 39.5 Å². The van der Waals surface area contributed by atoms with Crippen molar-refractivity contribution in [2.75, 3.05) is 33.4 Å². The van der Waals surface area contributed by atoms with Gasteiger partial charge in [0.1, 0.15) is 0 Å². The Kier molecular flexibility index (Phi) is 5.53. The summed E-state index contributed by atoms with van der Waals surface area (Å²) < 4.78 is 10.7. The largest absolute Gasteiger partial charge is 0.385 e. The van der Waals surface area contributed by atoms with Crippen molar-refractivity contribution in [1.29, 1.82) is 0 Å². The first-order valence-electron chi connectivity index (χ1n) is 5.75. The van der Waals surface area contributed by atoms with Crippen molar-refractivity contribution >= 4 is 0 Å². The molecule has 0 radical (unpaired) electrons. The molecular weight excluding hydrogens is 192 g/mol. The number of ether oxygens (including phenoxy) is 2. The standard InChI is InChI=1S/C11H24N2O2/c1-11(5-3-6-15-11)9-13-8-10(12)4-7-14-2/h10,13H,3-9,12H2,1-2H3. The average Bonchev–Trinajstić information content (AvgIpc) is 2.62. The number of nitrogens with one attached hydrogen (secondary N) is 1. The van der Waals surface area contributed by atoms with Crippen molar-refractivity contribution in [3.05, 3.63) is 0 Å². The molecule has 1 saturated heterocycles. The predicted octanol–water partition coefficient (Wildman–Crippen LogP) is 0.509. The Morgan fingerprint density at radius 3 is 3.00 bits per heavy atom. The number of methoxy groups -OCH3 is 1. The van der Waals surface area contributed by atoms with E-state index >= 15 is 0 Å². The van der Waals surface area contributed by atoms with Crippen LogP contribution in [0.15, 0.2) is 0 Å². The van der Waals surface area contributed by atoms with Crippen molar-refractivity contribution in [2.24, 2.45) is 5.73 Å². The molecule has 1 heterocycles. The maximum atomic E-state index is 5.90. The first-order chi connectivity index (χ1) is 7.16. The number of rotatable bonds is 7. The normalized spacial score (nSPS) is 28.2. The second-order valence-electron chi connectivity index (χ2n) is 4.57. The van der Waals surface area contributed by atoms with Gasteiger partial charge >= 0.3 is 0 Å². The van der Waals surface area contributed by atoms with Crippen LogP contribution in [-0.2, 0) is 9.47 Å². The SMILES string of the molecule is COCCC(N)CNCC1(C)CCCO1. The highest BCUT2D eigenvalue weighted by molar-refractivity contribution is 4.83. The highest BCUT2D eigenvalue weighted by Gasteiger charge is 2.29. The highest BCUT2D eigenvalue weighted by atomic mass is 16.5. The van der Waals surface area contributed by atoms with Gasteiger partial charge in [0.05, 0.1) is 5.60 Å². The molecule has 0 amide bonds. The Hall–Kier alpha value is -0.160. The van der Waals surface area contributed by atoms with Crippen molar-refractivity contribution in [3.63, 3.8) is 0 Å². The van der Waals surface area contributed by atoms with Crippen LogP contribution in [0.3, 0.4) is 0 Å². The fraction of sp³-hybridized carbons (Fsp3) is 1.00. The molecule has 2 atom stereocenters. The smallest absolute Gasteiger partial charge is 0.0779 e. The second-order valence-corrected chi connectivity index (χ2v) is 4.57. The van der Waals surface area contributed by atoms with E-state index in [1.54, 1.807) is 7.11 Å². The molecule has 1 rings (SSSR count). The van der Waals surface area contributed by atoms with Gasteiger partial charge in [-0.3, -0.25) is 0 Å². The van der Waals surface area contributed by atoms with Gasteiger partial charge in [-0.05, 0) is 26.2 Å². The lowest BCUT2D eigenvalue weighted by molar-refractivity contribution is 0.0207. The Morgan fingerprint density at radius 1 is 1.60 bits per heavy atom. The molecular formula is C11H24N2O2. The van der Waals surface area contributed by atoms with Crippen molar-refractivity contribution in [1.82, 2.24) is 5.32 Å². The predicted molar refractivity (Wildman–Crippen MR) is 60.9 cm³/mol. The third kappa shape index (κ3) is 4.93. The molecule has 1 aliphatic heterocycles. The molecule has 0 aliphatic carbocycles. The van der Waals surface area contributed by atoms with Crippen LogP contribution in [0.25, 0.3) is 0 Å². The lowest BCUT2D eigenvalue weighted by Crippen LogP contribution is -2.42. The average molecular weight is 216 g/mol. The van der Waals surface area contributed by atoms with E-state index in [0.717, 1.165) is 39.1 Å². The van der Waals surface area contributed by atoms with E-state index < -0.39 is 0 Å². The van der Waals surface area contributed by atoms with Gasteiger partial charge in [-0.2, -0.15) is 0 Å². The Balaban J connectivity index is 2.04. The van der Waals surface area contributed by atoms with Crippen molar-refractivity contribution in [3.8, 4) is 0 Å². The van der Waals surface area contributed by atoms with E-state index in [-0.39, 0.29) is 11.6 Å². The molecule has 4 nitrogen and oxygen atoms in total. The molecule has 2 unspecified atom stereocenters. The molecule has 1 fully saturated rings. The van der Waals surface area contributed by atoms with Crippen LogP contribution in [0, 0.1) is 0 Å². The minimum Gasteiger partial charge on any atom is -0.385 e. The molecule has 0 aromatic heterocycles. The van der Waals surface area contributed by atoms with Crippen LogP contribution in [-0.4, -0.2) is 45.1 Å². The molecule has 0 spiro atoms. The van der Waals surface area contributed by atoms with E-state index in [1.807, 2.05) is 0 Å². The first-order valence-corrected chi connectivity index (χ1v) is 5.75. The van der Waals surface area contributed by atoms with E-state index in [2.05, 4.69) is 12.2 Å². The van der Waals surface area contributed by atoms with Crippen LogP contribution in [0.4, 0.5) is 0 Å². The zero-order valence-corrected chi connectivity index (χ0v) is 9.92. The molecule has 3 N–H and O–H groups in total. The monoisotopic (exact) mass is 216 g/mol. The van der Waals surface area contributed by atoms with Crippen LogP contribution >= 0.6 is 0 Å². The number of hydrogen-bond acceptors (Lipinski definition) is 4. The van der Waals surface area contributed by atoms with Gasteiger partial charge in [0.15, 0.2) is 0 Å². The zero-order chi connectivity index (χ0) is 11.1. The quantitative estimate of drug-likeness (QED) is 0.651. The van der Waals surface area contributed by atoms with Crippen LogP contribution in [0.5, 0.6) is 0 Å². The van der Waals surface area contributed by atoms with Gasteiger partial charge in [-0.25, -0.2) is 0 Å². The molecule has 0 saturated carbocycles. The van der Waals surface area contributed by atoms with Crippen LogP contribution < -0.4 is 11.1 Å². The third-order valence-electron chi connectivity index (χ3n) is 2.90.